The molecule has 0 nitrogen and oxygen atoms in total. The lowest BCUT2D eigenvalue weighted by atomic mass is 10.3. The average Bonchev–Trinajstić information content (AvgIpc) is 1.76. The maximum Gasteiger partial charge on any atom is 0.00753 e. The first-order valence-electron chi connectivity index (χ1n) is 4.49. The van der Waals surface area contributed by atoms with Gasteiger partial charge in [-0.05, 0) is 0 Å². The van der Waals surface area contributed by atoms with Crippen LogP contribution in [0.25, 0.3) is 0 Å². The third-order valence-corrected chi connectivity index (χ3v) is 3.96. The summed E-state index contributed by atoms with van der Waals surface area (Å²) in [5.74, 6) is 2.54. The van der Waals surface area contributed by atoms with Gasteiger partial charge in [0.2, 0.25) is 0 Å². The highest BCUT2D eigenvalue weighted by Gasteiger charge is 2.13. The van der Waals surface area contributed by atoms with Crippen molar-refractivity contribution in [3.63, 3.8) is 0 Å². The Labute approximate surface area is 103 Å². The predicted octanol–water partition coefficient (Wildman–Crippen LogP) is 3.29. The molecule has 0 saturated carbocycles. The molecule has 80 valence electrons. The fourth-order valence-electron chi connectivity index (χ4n) is 0.696. The molecule has 0 atom stereocenters. The van der Waals surface area contributed by atoms with E-state index in [0.29, 0.717) is 9.49 Å². The van der Waals surface area contributed by atoms with Crippen molar-refractivity contribution < 1.29 is 0 Å². The molecule has 0 N–H and O–H groups in total. The third kappa shape index (κ3) is 18.6. The van der Waals surface area contributed by atoms with Gasteiger partial charge in [0.25, 0.3) is 0 Å². The highest BCUT2D eigenvalue weighted by molar-refractivity contribution is 8.04. The molecule has 0 unspecified atom stereocenters. The Morgan fingerprint density at radius 2 is 0.857 bits per heavy atom. The second-order valence-corrected chi connectivity index (χ2v) is 8.77. The molecule has 6 radical (unpaired) electrons. The van der Waals surface area contributed by atoms with E-state index in [1.54, 1.807) is 0 Å². The maximum atomic E-state index is 2.28. The molecule has 0 aromatic carbocycles. The smallest absolute Gasteiger partial charge is 0.00753 e. The van der Waals surface area contributed by atoms with E-state index in [2.05, 4.69) is 65.1 Å². The molecule has 0 amide bonds. The maximum absolute atomic E-state index is 2.28. The van der Waals surface area contributed by atoms with Crippen LogP contribution in [0.1, 0.15) is 41.5 Å². The molecule has 0 aliphatic rings. The van der Waals surface area contributed by atoms with Crippen LogP contribution in [-0.4, -0.2) is 37.8 Å². The van der Waals surface area contributed by atoms with Crippen molar-refractivity contribution in [3.8, 4) is 0 Å². The van der Waals surface area contributed by atoms with Gasteiger partial charge in [0.15, 0.2) is 0 Å². The van der Waals surface area contributed by atoms with E-state index in [-0.39, 0.29) is 16.8 Å². The van der Waals surface area contributed by atoms with E-state index in [1.165, 1.54) is 11.5 Å². The molecule has 14 heavy (non-hydrogen) atoms. The van der Waals surface area contributed by atoms with Gasteiger partial charge >= 0.3 is 0 Å². The van der Waals surface area contributed by atoms with Gasteiger partial charge in [0.1, 0.15) is 0 Å². The minimum Gasteiger partial charge on any atom is -0.155 e. The number of thioether (sulfide) groups is 2. The van der Waals surface area contributed by atoms with Crippen molar-refractivity contribution in [2.75, 3.05) is 11.5 Å². The van der Waals surface area contributed by atoms with E-state index >= 15 is 0 Å². The zero-order valence-electron chi connectivity index (χ0n) is 10.4. The Bertz CT molecular complexity index is 109. The second-order valence-electron chi connectivity index (χ2n) is 4.92. The topological polar surface area (TPSA) is 0 Å². The van der Waals surface area contributed by atoms with E-state index < -0.39 is 0 Å². The normalized spacial score (nSPS) is 11.6. The molecule has 0 fully saturated rings. The Balaban J connectivity index is -0.000000605. The summed E-state index contributed by atoms with van der Waals surface area (Å²) < 4.78 is 0.858. The van der Waals surface area contributed by atoms with Crippen LogP contribution >= 0.6 is 23.5 Å². The quantitative estimate of drug-likeness (QED) is 0.537. The van der Waals surface area contributed by atoms with Crippen LogP contribution in [0.5, 0.6) is 0 Å². The minimum atomic E-state index is 0. The van der Waals surface area contributed by atoms with Crippen molar-refractivity contribution in [3.05, 3.63) is 0 Å². The minimum absolute atomic E-state index is 0. The summed E-state index contributed by atoms with van der Waals surface area (Å²) in [5.41, 5.74) is 0. The summed E-state index contributed by atoms with van der Waals surface area (Å²) in [6.07, 6.45) is 0. The first kappa shape index (κ1) is 20.3. The van der Waals surface area contributed by atoms with Crippen LogP contribution in [0.2, 0.25) is 0 Å². The van der Waals surface area contributed by atoms with Crippen LogP contribution in [0, 0.1) is 0 Å². The van der Waals surface area contributed by atoms with E-state index in [4.69, 9.17) is 0 Å². The first-order chi connectivity index (χ1) is 5.21. The van der Waals surface area contributed by atoms with Gasteiger partial charge in [-0.25, -0.2) is 0 Å². The van der Waals surface area contributed by atoms with E-state index in [9.17, 15) is 0 Å². The van der Waals surface area contributed by atoms with Crippen LogP contribution in [0.3, 0.4) is 0 Å². The summed E-state index contributed by atoms with van der Waals surface area (Å²) >= 11 is 4.11. The number of hydrogen-bond acceptors (Lipinski definition) is 2. The fraction of sp³-hybridized carbons (Fsp3) is 1.00. The summed E-state index contributed by atoms with van der Waals surface area (Å²) in [6, 6.07) is 0. The fourth-order valence-corrected chi connectivity index (χ4v) is 2.59. The number of hydrogen-bond donors (Lipinski definition) is 0. The summed E-state index contributed by atoms with van der Waals surface area (Å²) in [4.78, 5) is 0. The van der Waals surface area contributed by atoms with Gasteiger partial charge < -0.3 is 0 Å². The SMILES string of the molecule is CC(C)(C)SCCSC(C)(C)C.[B].[B]. The van der Waals surface area contributed by atoms with Gasteiger partial charge in [0.05, 0.1) is 0 Å². The summed E-state index contributed by atoms with van der Waals surface area (Å²) in [5, 5.41) is 0. The monoisotopic (exact) mass is 228 g/mol. The molecule has 0 spiro atoms. The molecule has 0 bridgehead atoms. The largest absolute Gasteiger partial charge is 0.155 e. The average molecular weight is 228 g/mol. The van der Waals surface area contributed by atoms with Crippen molar-refractivity contribution in [2.24, 2.45) is 0 Å². The van der Waals surface area contributed by atoms with Crippen molar-refractivity contribution in [1.29, 1.82) is 0 Å². The van der Waals surface area contributed by atoms with Crippen molar-refractivity contribution in [1.82, 2.24) is 0 Å². The van der Waals surface area contributed by atoms with Gasteiger partial charge in [-0.15, -0.1) is 0 Å². The van der Waals surface area contributed by atoms with Crippen LogP contribution < -0.4 is 0 Å². The van der Waals surface area contributed by atoms with Gasteiger partial charge in [-0.1, -0.05) is 41.5 Å². The predicted molar refractivity (Wildman–Crippen MR) is 75.9 cm³/mol. The van der Waals surface area contributed by atoms with Crippen LogP contribution in [0.15, 0.2) is 0 Å². The lowest BCUT2D eigenvalue weighted by Gasteiger charge is -2.20. The van der Waals surface area contributed by atoms with Crippen molar-refractivity contribution >= 4 is 40.3 Å². The van der Waals surface area contributed by atoms with Crippen molar-refractivity contribution in [2.45, 2.75) is 51.0 Å². The molecule has 0 heterocycles. The van der Waals surface area contributed by atoms with E-state index in [0.717, 1.165) is 0 Å². The first-order valence-corrected chi connectivity index (χ1v) is 6.46. The highest BCUT2D eigenvalue weighted by atomic mass is 32.2. The summed E-state index contributed by atoms with van der Waals surface area (Å²) in [7, 11) is 0. The number of rotatable bonds is 3. The zero-order chi connectivity index (χ0) is 9.83. The third-order valence-electron chi connectivity index (χ3n) is 1.15. The Kier molecular flexibility index (Phi) is 11.6. The second kappa shape index (κ2) is 8.04. The molecule has 0 aliphatic carbocycles. The molecule has 0 saturated heterocycles. The van der Waals surface area contributed by atoms with Gasteiger partial charge in [0, 0.05) is 37.8 Å². The Morgan fingerprint density at radius 1 is 0.643 bits per heavy atom. The molecule has 0 aromatic rings. The van der Waals surface area contributed by atoms with E-state index in [1.807, 2.05) is 0 Å². The molecule has 0 aliphatic heterocycles. The van der Waals surface area contributed by atoms with Crippen LogP contribution in [-0.2, 0) is 0 Å². The van der Waals surface area contributed by atoms with Gasteiger partial charge in [-0.3, -0.25) is 0 Å². The molecule has 4 heteroatoms. The Morgan fingerprint density at radius 3 is 1.00 bits per heavy atom. The van der Waals surface area contributed by atoms with Crippen LogP contribution in [0.4, 0.5) is 0 Å². The standard InChI is InChI=1S/C10H22S2.2B/c1-9(2,3)11-7-8-12-10(4,5)6;;/h7-8H2,1-6H3;;. The zero-order valence-corrected chi connectivity index (χ0v) is 12.0. The summed E-state index contributed by atoms with van der Waals surface area (Å²) in [6.45, 7) is 13.7. The molecular weight excluding hydrogens is 206 g/mol. The lowest BCUT2D eigenvalue weighted by Crippen LogP contribution is -2.12. The molecular formula is C10H22B2S2. The lowest BCUT2D eigenvalue weighted by molar-refractivity contribution is 0.799. The highest BCUT2D eigenvalue weighted by Crippen LogP contribution is 2.28. The molecule has 0 rings (SSSR count). The Hall–Kier alpha value is 0.830. The molecule has 0 aromatic heterocycles. The van der Waals surface area contributed by atoms with Gasteiger partial charge in [-0.2, -0.15) is 23.5 Å².